The van der Waals surface area contributed by atoms with Crippen molar-refractivity contribution in [2.24, 2.45) is 0 Å². The molecule has 1 aromatic carbocycles. The Morgan fingerprint density at radius 3 is 2.59 bits per heavy atom. The number of methoxy groups -OCH3 is 1. The van der Waals surface area contributed by atoms with Crippen LogP contribution in [0.25, 0.3) is 0 Å². The van der Waals surface area contributed by atoms with Gasteiger partial charge in [-0.05, 0) is 37.1 Å². The van der Waals surface area contributed by atoms with Gasteiger partial charge < -0.3 is 14.6 Å². The van der Waals surface area contributed by atoms with Crippen molar-refractivity contribution in [1.29, 1.82) is 0 Å². The molecule has 1 unspecified atom stereocenters. The number of halogens is 1. The first kappa shape index (κ1) is 22.9. The van der Waals surface area contributed by atoms with E-state index in [2.05, 4.69) is 19.8 Å². The summed E-state index contributed by atoms with van der Waals surface area (Å²) in [5.74, 6) is -0.792. The Balaban J connectivity index is 2.01. The lowest BCUT2D eigenvalue weighted by molar-refractivity contribution is -0.140. The van der Waals surface area contributed by atoms with Crippen molar-refractivity contribution < 1.29 is 22.7 Å². The van der Waals surface area contributed by atoms with Crippen molar-refractivity contribution in [3.05, 3.63) is 48.0 Å². The van der Waals surface area contributed by atoms with Gasteiger partial charge in [-0.25, -0.2) is 13.4 Å². The minimum atomic E-state index is -3.94. The average molecular weight is 443 g/mol. The van der Waals surface area contributed by atoms with Crippen molar-refractivity contribution in [1.82, 2.24) is 19.6 Å². The standard InChI is InChI=1S/C18H23ClN4O5S/c1-28-17(24)4-2-3-9-21-18(25)16(12-23-11-10-20-13-23)22-29(26,27)15-7-5-14(19)6-8-15/h5-8,10-11,13,16,22H,2-4,9,12H2,1H3,(H,21,25). The number of esters is 1. The summed E-state index contributed by atoms with van der Waals surface area (Å²) in [4.78, 5) is 27.6. The normalized spacial score (nSPS) is 12.3. The number of hydrogen-bond acceptors (Lipinski definition) is 6. The lowest BCUT2D eigenvalue weighted by Crippen LogP contribution is -2.49. The Labute approximate surface area is 174 Å². The van der Waals surface area contributed by atoms with Crippen LogP contribution in [-0.2, 0) is 30.9 Å². The largest absolute Gasteiger partial charge is 0.469 e. The summed E-state index contributed by atoms with van der Waals surface area (Å²) < 4.78 is 33.9. The molecule has 0 radical (unpaired) electrons. The minimum absolute atomic E-state index is 0.00316. The minimum Gasteiger partial charge on any atom is -0.469 e. The molecule has 0 aliphatic heterocycles. The van der Waals surface area contributed by atoms with E-state index in [4.69, 9.17) is 11.6 Å². The van der Waals surface area contributed by atoms with E-state index in [1.807, 2.05) is 0 Å². The summed E-state index contributed by atoms with van der Waals surface area (Å²) in [6, 6.07) is 4.60. The Bertz CT molecular complexity index is 901. The Hall–Kier alpha value is -2.43. The van der Waals surface area contributed by atoms with Gasteiger partial charge >= 0.3 is 5.97 Å². The molecule has 0 aliphatic carbocycles. The molecule has 1 aromatic heterocycles. The summed E-state index contributed by atoms with van der Waals surface area (Å²) in [7, 11) is -2.62. The number of nitrogens with zero attached hydrogens (tertiary/aromatic N) is 2. The van der Waals surface area contributed by atoms with Gasteiger partial charge in [0, 0.05) is 36.9 Å². The number of aromatic nitrogens is 2. The van der Waals surface area contributed by atoms with E-state index in [1.165, 1.54) is 43.9 Å². The fraction of sp³-hybridized carbons (Fsp3) is 0.389. The van der Waals surface area contributed by atoms with Gasteiger partial charge in [0.05, 0.1) is 18.3 Å². The van der Waals surface area contributed by atoms with Crippen LogP contribution in [0.5, 0.6) is 0 Å². The molecule has 0 aliphatic rings. The molecule has 2 aromatic rings. The van der Waals surface area contributed by atoms with E-state index in [9.17, 15) is 18.0 Å². The first-order valence-electron chi connectivity index (χ1n) is 8.90. The topological polar surface area (TPSA) is 119 Å². The Morgan fingerprint density at radius 1 is 1.24 bits per heavy atom. The van der Waals surface area contributed by atoms with Crippen LogP contribution >= 0.6 is 11.6 Å². The highest BCUT2D eigenvalue weighted by Crippen LogP contribution is 2.14. The molecule has 1 atom stereocenters. The molecule has 0 bridgehead atoms. The average Bonchev–Trinajstić information content (AvgIpc) is 3.20. The molecule has 11 heteroatoms. The van der Waals surface area contributed by atoms with Crippen LogP contribution in [0.3, 0.4) is 0 Å². The summed E-state index contributed by atoms with van der Waals surface area (Å²) in [5.41, 5.74) is 0. The second-order valence-corrected chi connectivity index (χ2v) is 8.36. The zero-order valence-corrected chi connectivity index (χ0v) is 17.4. The maximum atomic E-state index is 12.7. The fourth-order valence-electron chi connectivity index (χ4n) is 2.48. The molecule has 0 saturated heterocycles. The highest BCUT2D eigenvalue weighted by atomic mass is 35.5. The van der Waals surface area contributed by atoms with Gasteiger partial charge in [-0.1, -0.05) is 11.6 Å². The molecule has 0 fully saturated rings. The van der Waals surface area contributed by atoms with Gasteiger partial charge in [0.2, 0.25) is 15.9 Å². The van der Waals surface area contributed by atoms with Crippen molar-refractivity contribution in [3.8, 4) is 0 Å². The second-order valence-electron chi connectivity index (χ2n) is 6.21. The number of unbranched alkanes of at least 4 members (excludes halogenated alkanes) is 1. The predicted octanol–water partition coefficient (Wildman–Crippen LogP) is 1.34. The van der Waals surface area contributed by atoms with E-state index < -0.39 is 22.0 Å². The van der Waals surface area contributed by atoms with Crippen LogP contribution in [0, 0.1) is 0 Å². The van der Waals surface area contributed by atoms with Gasteiger partial charge in [0.25, 0.3) is 0 Å². The van der Waals surface area contributed by atoms with Crippen molar-refractivity contribution >= 4 is 33.5 Å². The smallest absolute Gasteiger partial charge is 0.305 e. The van der Waals surface area contributed by atoms with E-state index in [1.54, 1.807) is 10.8 Å². The monoisotopic (exact) mass is 442 g/mol. The highest BCUT2D eigenvalue weighted by molar-refractivity contribution is 7.89. The lowest BCUT2D eigenvalue weighted by Gasteiger charge is -2.19. The third-order valence-corrected chi connectivity index (χ3v) is 5.76. The number of rotatable bonds is 11. The van der Waals surface area contributed by atoms with Gasteiger partial charge in [-0.15, -0.1) is 0 Å². The van der Waals surface area contributed by atoms with E-state index in [0.717, 1.165) is 0 Å². The van der Waals surface area contributed by atoms with Crippen LogP contribution in [-0.4, -0.2) is 49.5 Å². The number of hydrogen-bond donors (Lipinski definition) is 2. The summed E-state index contributed by atoms with van der Waals surface area (Å²) in [6.07, 6.45) is 6.03. The SMILES string of the molecule is COC(=O)CCCCNC(=O)C(Cn1ccnc1)NS(=O)(=O)c1ccc(Cl)cc1. The maximum absolute atomic E-state index is 12.7. The zero-order chi connectivity index (χ0) is 21.3. The van der Waals surface area contributed by atoms with Gasteiger partial charge in [-0.2, -0.15) is 4.72 Å². The molecule has 158 valence electrons. The van der Waals surface area contributed by atoms with Crippen LogP contribution in [0.1, 0.15) is 19.3 Å². The van der Waals surface area contributed by atoms with E-state index in [-0.39, 0.29) is 23.8 Å². The molecular weight excluding hydrogens is 420 g/mol. The summed E-state index contributed by atoms with van der Waals surface area (Å²) in [5, 5.41) is 3.10. The molecule has 1 amide bonds. The van der Waals surface area contributed by atoms with Crippen molar-refractivity contribution in [2.75, 3.05) is 13.7 Å². The number of benzene rings is 1. The number of amides is 1. The van der Waals surface area contributed by atoms with Crippen LogP contribution < -0.4 is 10.0 Å². The number of sulfonamides is 1. The molecule has 2 rings (SSSR count). The molecule has 9 nitrogen and oxygen atoms in total. The van der Waals surface area contributed by atoms with Crippen LogP contribution in [0.15, 0.2) is 47.9 Å². The summed E-state index contributed by atoms with van der Waals surface area (Å²) in [6.45, 7) is 0.375. The van der Waals surface area contributed by atoms with E-state index >= 15 is 0 Å². The van der Waals surface area contributed by atoms with Crippen molar-refractivity contribution in [3.63, 3.8) is 0 Å². The third kappa shape index (κ3) is 7.48. The molecule has 0 spiro atoms. The van der Waals surface area contributed by atoms with Gasteiger partial charge in [-0.3, -0.25) is 9.59 Å². The lowest BCUT2D eigenvalue weighted by atomic mass is 10.2. The molecule has 2 N–H and O–H groups in total. The van der Waals surface area contributed by atoms with Crippen molar-refractivity contribution in [2.45, 2.75) is 36.7 Å². The predicted molar refractivity (Wildman–Crippen MR) is 107 cm³/mol. The molecule has 1 heterocycles. The molecule has 0 saturated carbocycles. The van der Waals surface area contributed by atoms with E-state index in [0.29, 0.717) is 24.4 Å². The molecule has 29 heavy (non-hydrogen) atoms. The fourth-order valence-corrected chi connectivity index (χ4v) is 3.79. The first-order chi connectivity index (χ1) is 13.8. The first-order valence-corrected chi connectivity index (χ1v) is 10.8. The molecular formula is C18H23ClN4O5S. The third-order valence-electron chi connectivity index (χ3n) is 4.03. The quantitative estimate of drug-likeness (QED) is 0.400. The van der Waals surface area contributed by atoms with Gasteiger partial charge in [0.15, 0.2) is 0 Å². The van der Waals surface area contributed by atoms with Crippen LogP contribution in [0.2, 0.25) is 5.02 Å². The number of nitrogens with one attached hydrogen (secondary N) is 2. The number of ether oxygens (including phenoxy) is 1. The number of carbonyl (C=O) groups is 2. The number of carbonyl (C=O) groups excluding carboxylic acids is 2. The second kappa shape index (κ2) is 10.9. The zero-order valence-electron chi connectivity index (χ0n) is 15.9. The highest BCUT2D eigenvalue weighted by Gasteiger charge is 2.26. The Morgan fingerprint density at radius 2 is 1.97 bits per heavy atom. The number of imidazole rings is 1. The summed E-state index contributed by atoms with van der Waals surface area (Å²) >= 11 is 5.81. The maximum Gasteiger partial charge on any atom is 0.305 e. The van der Waals surface area contributed by atoms with Crippen LogP contribution in [0.4, 0.5) is 0 Å². The Kier molecular flexibility index (Phi) is 8.62. The van der Waals surface area contributed by atoms with Gasteiger partial charge in [0.1, 0.15) is 6.04 Å².